The van der Waals surface area contributed by atoms with Crippen molar-refractivity contribution in [2.75, 3.05) is 6.61 Å². The topological polar surface area (TPSA) is 61.8 Å². The zero-order valence-corrected chi connectivity index (χ0v) is 16.7. The minimum atomic E-state index is -1.89. The molecule has 0 amide bonds. The molecule has 6 heteroatoms. The lowest BCUT2D eigenvalue weighted by atomic mass is 10.2. The van der Waals surface area contributed by atoms with E-state index in [4.69, 9.17) is 13.9 Å². The van der Waals surface area contributed by atoms with Crippen LogP contribution in [-0.2, 0) is 14.3 Å². The zero-order chi connectivity index (χ0) is 19.0. The van der Waals surface area contributed by atoms with Crippen molar-refractivity contribution < 1.29 is 23.5 Å². The molecule has 0 bridgehead atoms. The minimum absolute atomic E-state index is 0.251. The van der Waals surface area contributed by atoms with Gasteiger partial charge < -0.3 is 13.9 Å². The number of carbonyl (C=O) groups is 2. The van der Waals surface area contributed by atoms with Crippen LogP contribution in [0.3, 0.4) is 0 Å². The molecule has 0 aliphatic heterocycles. The summed E-state index contributed by atoms with van der Waals surface area (Å²) in [5.41, 5.74) is 1.84. The number of esters is 2. The second kappa shape index (κ2) is 9.22. The number of allylic oxidation sites excluding steroid dienone is 1. The number of hydrogen-bond donors (Lipinski definition) is 0. The molecule has 136 valence electrons. The third-order valence-corrected chi connectivity index (χ3v) is 3.60. The molecule has 0 fully saturated rings. The van der Waals surface area contributed by atoms with Gasteiger partial charge in [-0.05, 0) is 63.3 Å². The normalized spacial score (nSPS) is 11.1. The van der Waals surface area contributed by atoms with Gasteiger partial charge in [-0.25, -0.2) is 4.79 Å². The molecular weight excluding hydrogens is 336 g/mol. The lowest BCUT2D eigenvalue weighted by Gasteiger charge is -2.21. The molecule has 0 saturated heterocycles. The van der Waals surface area contributed by atoms with Crippen LogP contribution in [-0.4, -0.2) is 26.9 Å². The van der Waals surface area contributed by atoms with Gasteiger partial charge in [0.1, 0.15) is 12.4 Å². The Balaban J connectivity index is 2.91. The van der Waals surface area contributed by atoms with Crippen molar-refractivity contribution in [1.29, 1.82) is 0 Å². The van der Waals surface area contributed by atoms with Crippen molar-refractivity contribution in [1.82, 2.24) is 0 Å². The fourth-order valence-electron chi connectivity index (χ4n) is 1.78. The van der Waals surface area contributed by atoms with E-state index in [2.05, 4.69) is 0 Å². The van der Waals surface area contributed by atoms with E-state index < -0.39 is 20.3 Å². The molecule has 0 N–H and O–H groups in total. The van der Waals surface area contributed by atoms with Crippen LogP contribution in [0.1, 0.15) is 26.3 Å². The Kier molecular flexibility index (Phi) is 7.64. The maximum Gasteiger partial charge on any atom is 0.331 e. The summed E-state index contributed by atoms with van der Waals surface area (Å²) >= 11 is 0. The van der Waals surface area contributed by atoms with E-state index in [1.807, 2.05) is 39.6 Å². The summed E-state index contributed by atoms with van der Waals surface area (Å²) in [4.78, 5) is 22.9. The van der Waals surface area contributed by atoms with E-state index in [1.54, 1.807) is 24.3 Å². The molecule has 25 heavy (non-hydrogen) atoms. The Labute approximate surface area is 150 Å². The van der Waals surface area contributed by atoms with Crippen molar-refractivity contribution in [2.45, 2.75) is 40.4 Å². The monoisotopic (exact) mass is 362 g/mol. The molecule has 0 aromatic heterocycles. The van der Waals surface area contributed by atoms with Gasteiger partial charge in [-0.2, -0.15) is 0 Å². The molecule has 0 heterocycles. The van der Waals surface area contributed by atoms with Crippen molar-refractivity contribution in [3.8, 4) is 11.5 Å². The molecule has 0 spiro atoms. The van der Waals surface area contributed by atoms with E-state index in [-0.39, 0.29) is 6.61 Å². The summed E-state index contributed by atoms with van der Waals surface area (Å²) in [5.74, 6) is 0.0356. The predicted molar refractivity (Wildman–Crippen MR) is 101 cm³/mol. The maximum absolute atomic E-state index is 11.7. The third kappa shape index (κ3) is 8.90. The summed E-state index contributed by atoms with van der Waals surface area (Å²) in [7, 11) is -1.89. The first-order valence-corrected chi connectivity index (χ1v) is 11.5. The molecular formula is C19H26O5Si. The van der Waals surface area contributed by atoms with E-state index in [0.29, 0.717) is 11.5 Å². The largest absolute Gasteiger partial charge is 0.542 e. The lowest BCUT2D eigenvalue weighted by Crippen LogP contribution is -2.29. The average Bonchev–Trinajstić information content (AvgIpc) is 2.45. The van der Waals surface area contributed by atoms with Crippen LogP contribution in [0.15, 0.2) is 35.9 Å². The second-order valence-electron chi connectivity index (χ2n) is 6.76. The van der Waals surface area contributed by atoms with E-state index in [9.17, 15) is 9.59 Å². The number of ether oxygens (including phenoxy) is 2. The average molecular weight is 362 g/mol. The molecule has 0 unspecified atom stereocenters. The fraction of sp³-hybridized carbons (Fsp3) is 0.368. The Bertz CT molecular complexity index is 680. The summed E-state index contributed by atoms with van der Waals surface area (Å²) in [6.45, 7) is 11.6. The molecule has 5 nitrogen and oxygen atoms in total. The van der Waals surface area contributed by atoms with Crippen LogP contribution < -0.4 is 9.16 Å². The van der Waals surface area contributed by atoms with Crippen LogP contribution in [0.2, 0.25) is 19.6 Å². The van der Waals surface area contributed by atoms with Gasteiger partial charge >= 0.3 is 11.9 Å². The first kappa shape index (κ1) is 20.7. The van der Waals surface area contributed by atoms with Crippen molar-refractivity contribution in [2.24, 2.45) is 0 Å². The van der Waals surface area contributed by atoms with Gasteiger partial charge in [-0.1, -0.05) is 11.6 Å². The second-order valence-corrected chi connectivity index (χ2v) is 11.2. The number of hydrogen-bond acceptors (Lipinski definition) is 5. The zero-order valence-electron chi connectivity index (χ0n) is 15.7. The standard InChI is InChI=1S/C19H26O5Si/c1-14(2)11-12-22-19(21)10-8-16-7-9-17(23-15(3)20)18(13-16)24-25(4,5)6/h7-11,13H,12H2,1-6H3/b10-8+. The Morgan fingerprint density at radius 3 is 2.32 bits per heavy atom. The molecule has 0 radical (unpaired) electrons. The molecule has 0 aliphatic carbocycles. The molecule has 0 atom stereocenters. The summed E-state index contributed by atoms with van der Waals surface area (Å²) in [6.07, 6.45) is 4.83. The first-order valence-electron chi connectivity index (χ1n) is 8.06. The highest BCUT2D eigenvalue weighted by molar-refractivity contribution is 6.70. The number of benzene rings is 1. The van der Waals surface area contributed by atoms with Gasteiger partial charge in [-0.15, -0.1) is 0 Å². The highest BCUT2D eigenvalue weighted by atomic mass is 28.4. The summed E-state index contributed by atoms with van der Waals surface area (Å²) < 4.78 is 16.2. The van der Waals surface area contributed by atoms with Gasteiger partial charge in [0.2, 0.25) is 8.32 Å². The molecule has 1 aromatic rings. The Hall–Kier alpha value is -2.34. The van der Waals surface area contributed by atoms with E-state index in [0.717, 1.165) is 11.1 Å². The molecule has 0 saturated carbocycles. The SMILES string of the molecule is CC(=O)Oc1ccc(/C=C/C(=O)OCC=C(C)C)cc1O[Si](C)(C)C. The predicted octanol–water partition coefficient (Wildman–Crippen LogP) is 4.35. The maximum atomic E-state index is 11.7. The number of rotatable bonds is 7. The van der Waals surface area contributed by atoms with Crippen LogP contribution in [0.5, 0.6) is 11.5 Å². The minimum Gasteiger partial charge on any atom is -0.542 e. The van der Waals surface area contributed by atoms with Gasteiger partial charge in [0.05, 0.1) is 0 Å². The van der Waals surface area contributed by atoms with Crippen LogP contribution in [0.25, 0.3) is 6.08 Å². The molecule has 1 aromatic carbocycles. The Morgan fingerprint density at radius 2 is 1.76 bits per heavy atom. The van der Waals surface area contributed by atoms with Crippen LogP contribution in [0.4, 0.5) is 0 Å². The fourth-order valence-corrected chi connectivity index (χ4v) is 2.60. The third-order valence-electron chi connectivity index (χ3n) is 2.77. The summed E-state index contributed by atoms with van der Waals surface area (Å²) in [5, 5.41) is 0. The van der Waals surface area contributed by atoms with Crippen molar-refractivity contribution >= 4 is 26.3 Å². The van der Waals surface area contributed by atoms with Crippen LogP contribution >= 0.6 is 0 Å². The van der Waals surface area contributed by atoms with Crippen molar-refractivity contribution in [3.63, 3.8) is 0 Å². The molecule has 1 rings (SSSR count). The smallest absolute Gasteiger partial charge is 0.331 e. The van der Waals surface area contributed by atoms with E-state index >= 15 is 0 Å². The van der Waals surface area contributed by atoms with Crippen LogP contribution in [0, 0.1) is 0 Å². The Morgan fingerprint density at radius 1 is 1.08 bits per heavy atom. The first-order chi connectivity index (χ1) is 11.6. The van der Waals surface area contributed by atoms with Crippen molar-refractivity contribution in [3.05, 3.63) is 41.5 Å². The van der Waals surface area contributed by atoms with Gasteiger partial charge in [0.25, 0.3) is 0 Å². The number of carbonyl (C=O) groups excluding carboxylic acids is 2. The molecule has 0 aliphatic rings. The van der Waals surface area contributed by atoms with Gasteiger partial charge in [-0.3, -0.25) is 4.79 Å². The highest BCUT2D eigenvalue weighted by Crippen LogP contribution is 2.31. The van der Waals surface area contributed by atoms with Gasteiger partial charge in [0.15, 0.2) is 5.75 Å². The lowest BCUT2D eigenvalue weighted by molar-refractivity contribution is -0.136. The van der Waals surface area contributed by atoms with E-state index in [1.165, 1.54) is 13.0 Å². The van der Waals surface area contributed by atoms with Gasteiger partial charge in [0, 0.05) is 13.0 Å². The highest BCUT2D eigenvalue weighted by Gasteiger charge is 2.19. The quantitative estimate of drug-likeness (QED) is 0.237. The summed E-state index contributed by atoms with van der Waals surface area (Å²) in [6, 6.07) is 5.15.